The predicted molar refractivity (Wildman–Crippen MR) is 113 cm³/mol. The van der Waals surface area contributed by atoms with Crippen LogP contribution in [0.3, 0.4) is 0 Å². The first kappa shape index (κ1) is 21.5. The van der Waals surface area contributed by atoms with Crippen LogP contribution in [0.5, 0.6) is 5.75 Å². The molecule has 1 heterocycles. The fraction of sp³-hybridized carbons (Fsp3) is 0.545. The van der Waals surface area contributed by atoms with Gasteiger partial charge in [0.25, 0.3) is 11.8 Å². The molecule has 0 aromatic heterocycles. The second-order valence-corrected chi connectivity index (χ2v) is 8.46. The van der Waals surface area contributed by atoms with Crippen molar-refractivity contribution in [2.45, 2.75) is 53.4 Å². The van der Waals surface area contributed by atoms with E-state index in [0.29, 0.717) is 29.5 Å². The normalized spacial score (nSPS) is 14.6. The minimum Gasteiger partial charge on any atom is -0.493 e. The van der Waals surface area contributed by atoms with Crippen molar-refractivity contribution in [3.8, 4) is 5.75 Å². The van der Waals surface area contributed by atoms with Gasteiger partial charge in [0, 0.05) is 6.54 Å². The molecular formula is C22H31NO3S. The summed E-state index contributed by atoms with van der Waals surface area (Å²) in [6.07, 6.45) is 4.17. The number of hydrogen-bond acceptors (Lipinski definition) is 4. The number of carbonyl (C=O) groups is 2. The van der Waals surface area contributed by atoms with E-state index in [2.05, 4.69) is 20.8 Å². The van der Waals surface area contributed by atoms with Gasteiger partial charge in [-0.2, -0.15) is 0 Å². The van der Waals surface area contributed by atoms with Gasteiger partial charge < -0.3 is 4.74 Å². The highest BCUT2D eigenvalue weighted by atomic mass is 32.2. The minimum atomic E-state index is -0.164. The van der Waals surface area contributed by atoms with Crippen LogP contribution in [0.1, 0.15) is 58.9 Å². The maximum Gasteiger partial charge on any atom is 0.267 e. The first-order valence-corrected chi connectivity index (χ1v) is 10.9. The number of amides is 2. The molecule has 4 nitrogen and oxygen atoms in total. The van der Waals surface area contributed by atoms with Gasteiger partial charge in [-0.05, 0) is 35.8 Å². The van der Waals surface area contributed by atoms with E-state index in [-0.39, 0.29) is 11.8 Å². The summed E-state index contributed by atoms with van der Waals surface area (Å²) in [7, 11) is 0. The highest BCUT2D eigenvalue weighted by Gasteiger charge is 2.38. The molecule has 0 spiro atoms. The maximum absolute atomic E-state index is 13.0. The lowest BCUT2D eigenvalue weighted by atomic mass is 10.1. The van der Waals surface area contributed by atoms with Crippen molar-refractivity contribution >= 4 is 29.1 Å². The highest BCUT2D eigenvalue weighted by Crippen LogP contribution is 2.36. The molecule has 0 atom stereocenters. The molecular weight excluding hydrogens is 358 g/mol. The first-order chi connectivity index (χ1) is 13.0. The number of hydrogen-bond donors (Lipinski definition) is 0. The van der Waals surface area contributed by atoms with Gasteiger partial charge in [-0.25, -0.2) is 0 Å². The average molecular weight is 390 g/mol. The van der Waals surface area contributed by atoms with E-state index in [9.17, 15) is 9.59 Å². The van der Waals surface area contributed by atoms with E-state index in [0.717, 1.165) is 42.7 Å². The molecule has 0 saturated heterocycles. The van der Waals surface area contributed by atoms with Crippen LogP contribution in [0.25, 0.3) is 5.57 Å². The van der Waals surface area contributed by atoms with E-state index in [4.69, 9.17) is 4.74 Å². The van der Waals surface area contributed by atoms with E-state index >= 15 is 0 Å². The highest BCUT2D eigenvalue weighted by molar-refractivity contribution is 8.04. The molecule has 1 aromatic rings. The van der Waals surface area contributed by atoms with Crippen molar-refractivity contribution in [3.05, 3.63) is 34.7 Å². The van der Waals surface area contributed by atoms with Crippen LogP contribution in [0, 0.1) is 5.92 Å². The molecule has 1 aromatic carbocycles. The third-order valence-electron chi connectivity index (χ3n) is 4.38. The number of rotatable bonds is 11. The first-order valence-electron chi connectivity index (χ1n) is 9.96. The van der Waals surface area contributed by atoms with Gasteiger partial charge >= 0.3 is 0 Å². The molecule has 27 heavy (non-hydrogen) atoms. The maximum atomic E-state index is 13.0. The number of imide groups is 1. The Morgan fingerprint density at radius 1 is 1.00 bits per heavy atom. The molecule has 0 radical (unpaired) electrons. The number of thioether (sulfide) groups is 1. The molecule has 0 fully saturated rings. The zero-order valence-corrected chi connectivity index (χ0v) is 17.7. The van der Waals surface area contributed by atoms with Crippen LogP contribution in [0.4, 0.5) is 0 Å². The lowest BCUT2D eigenvalue weighted by molar-refractivity contribution is -0.136. The van der Waals surface area contributed by atoms with Gasteiger partial charge in [-0.1, -0.05) is 59.1 Å². The van der Waals surface area contributed by atoms with Crippen LogP contribution in [0.15, 0.2) is 29.2 Å². The summed E-state index contributed by atoms with van der Waals surface area (Å²) in [6, 6.07) is 7.52. The van der Waals surface area contributed by atoms with Crippen LogP contribution < -0.4 is 4.74 Å². The van der Waals surface area contributed by atoms with Gasteiger partial charge in [0.15, 0.2) is 0 Å². The fourth-order valence-corrected chi connectivity index (χ4v) is 3.84. The van der Waals surface area contributed by atoms with Crippen molar-refractivity contribution in [1.29, 1.82) is 0 Å². The standard InChI is InChI=1S/C22H31NO3S/c1-5-7-8-9-14-23-21(24)19(20(22(23)25)27-6-2)17-10-12-18(13-11-17)26-15-16(3)4/h10-13,16H,5-9,14-15H2,1-4H3. The molecule has 5 heteroatoms. The van der Waals surface area contributed by atoms with Crippen molar-refractivity contribution in [1.82, 2.24) is 4.90 Å². The zero-order valence-electron chi connectivity index (χ0n) is 16.9. The Morgan fingerprint density at radius 2 is 1.70 bits per heavy atom. The lowest BCUT2D eigenvalue weighted by Gasteiger charge is -2.15. The van der Waals surface area contributed by atoms with Crippen molar-refractivity contribution in [2.24, 2.45) is 5.92 Å². The molecule has 1 aliphatic rings. The Balaban J connectivity index is 2.18. The van der Waals surface area contributed by atoms with E-state index < -0.39 is 0 Å². The molecule has 1 aliphatic heterocycles. The summed E-state index contributed by atoms with van der Waals surface area (Å²) in [5.74, 6) is 1.69. The van der Waals surface area contributed by atoms with Crippen molar-refractivity contribution in [2.75, 3.05) is 18.9 Å². The van der Waals surface area contributed by atoms with Crippen molar-refractivity contribution < 1.29 is 14.3 Å². The van der Waals surface area contributed by atoms with Crippen molar-refractivity contribution in [3.63, 3.8) is 0 Å². The summed E-state index contributed by atoms with van der Waals surface area (Å²) >= 11 is 1.46. The van der Waals surface area contributed by atoms with Gasteiger partial charge in [-0.3, -0.25) is 14.5 Å². The third kappa shape index (κ3) is 5.61. The summed E-state index contributed by atoms with van der Waals surface area (Å²) in [5.41, 5.74) is 1.33. The molecule has 0 bridgehead atoms. The Labute approximate surface area is 167 Å². The Kier molecular flexibility index (Phi) is 8.42. The summed E-state index contributed by atoms with van der Waals surface area (Å²) in [4.78, 5) is 27.8. The molecule has 2 amide bonds. The molecule has 148 valence electrons. The monoisotopic (exact) mass is 389 g/mol. The van der Waals surface area contributed by atoms with Crippen LogP contribution >= 0.6 is 11.8 Å². The quantitative estimate of drug-likeness (QED) is 0.389. The SMILES string of the molecule is CCCCCCN1C(=O)C(SCC)=C(c2ccc(OCC(C)C)cc2)C1=O. The summed E-state index contributed by atoms with van der Waals surface area (Å²) in [5, 5.41) is 0. The van der Waals surface area contributed by atoms with Crippen LogP contribution in [-0.2, 0) is 9.59 Å². The largest absolute Gasteiger partial charge is 0.493 e. The second-order valence-electron chi connectivity index (χ2n) is 7.19. The Morgan fingerprint density at radius 3 is 2.30 bits per heavy atom. The molecule has 0 aliphatic carbocycles. The number of unbranched alkanes of at least 4 members (excludes halogenated alkanes) is 3. The Bertz CT molecular complexity index is 679. The van der Waals surface area contributed by atoms with Gasteiger partial charge in [0.2, 0.25) is 0 Å². The van der Waals surface area contributed by atoms with E-state index in [1.165, 1.54) is 16.7 Å². The average Bonchev–Trinajstić information content (AvgIpc) is 2.88. The van der Waals surface area contributed by atoms with Crippen LogP contribution in [-0.4, -0.2) is 35.6 Å². The molecule has 0 N–H and O–H groups in total. The molecule has 0 saturated carbocycles. The van der Waals surface area contributed by atoms with E-state index in [1.54, 1.807) is 0 Å². The summed E-state index contributed by atoms with van der Waals surface area (Å²) in [6.45, 7) is 9.51. The van der Waals surface area contributed by atoms with E-state index in [1.807, 2.05) is 31.2 Å². The Hall–Kier alpha value is -1.75. The smallest absolute Gasteiger partial charge is 0.267 e. The lowest BCUT2D eigenvalue weighted by Crippen LogP contribution is -2.32. The van der Waals surface area contributed by atoms with Gasteiger partial charge in [-0.15, -0.1) is 11.8 Å². The number of ether oxygens (including phenoxy) is 1. The summed E-state index contributed by atoms with van der Waals surface area (Å²) < 4.78 is 5.72. The third-order valence-corrected chi connectivity index (χ3v) is 5.33. The second kappa shape index (κ2) is 10.5. The van der Waals surface area contributed by atoms with Gasteiger partial charge in [0.1, 0.15) is 5.75 Å². The molecule has 0 unspecified atom stereocenters. The van der Waals surface area contributed by atoms with Crippen LogP contribution in [0.2, 0.25) is 0 Å². The fourth-order valence-electron chi connectivity index (χ4n) is 2.97. The number of nitrogens with zero attached hydrogens (tertiary/aromatic N) is 1. The number of carbonyl (C=O) groups excluding carboxylic acids is 2. The topological polar surface area (TPSA) is 46.6 Å². The number of benzene rings is 1. The minimum absolute atomic E-state index is 0.140. The van der Waals surface area contributed by atoms with Gasteiger partial charge in [0.05, 0.1) is 17.1 Å². The molecule has 2 rings (SSSR count). The zero-order chi connectivity index (χ0) is 19.8. The predicted octanol–water partition coefficient (Wildman–Crippen LogP) is 5.13.